The van der Waals surface area contributed by atoms with Crippen LogP contribution in [-0.2, 0) is 0 Å². The lowest BCUT2D eigenvalue weighted by Crippen LogP contribution is -2.11. The van der Waals surface area contributed by atoms with Crippen LogP contribution in [-0.4, -0.2) is 29.9 Å². The SMILES string of the molecule is CCOc1cc(/C=N/Nc2ccc(C(=O)O)cc2)cc(I)c1OC(=O)c1ccccc1. The van der Waals surface area contributed by atoms with E-state index in [1.807, 2.05) is 19.1 Å². The number of nitrogens with one attached hydrogen (secondary N) is 1. The van der Waals surface area contributed by atoms with Gasteiger partial charge in [0.05, 0.1) is 33.2 Å². The van der Waals surface area contributed by atoms with Crippen molar-refractivity contribution >= 4 is 46.4 Å². The molecule has 8 heteroatoms. The van der Waals surface area contributed by atoms with Gasteiger partial charge in [-0.3, -0.25) is 5.43 Å². The molecule has 0 atom stereocenters. The van der Waals surface area contributed by atoms with Crippen LogP contribution in [0.2, 0.25) is 0 Å². The van der Waals surface area contributed by atoms with Gasteiger partial charge in [0, 0.05) is 0 Å². The standard InChI is InChI=1S/C23H19IN2O5/c1-2-30-20-13-15(14-25-26-18-10-8-16(9-11-18)22(27)28)12-19(24)21(20)31-23(29)17-6-4-3-5-7-17/h3-14,26H,2H2,1H3,(H,27,28)/b25-14+. The first-order valence-electron chi connectivity index (χ1n) is 9.34. The van der Waals surface area contributed by atoms with Crippen LogP contribution in [0, 0.1) is 3.57 Å². The Morgan fingerprint density at radius 3 is 2.42 bits per heavy atom. The molecule has 0 aliphatic carbocycles. The molecule has 0 saturated carbocycles. The van der Waals surface area contributed by atoms with Gasteiger partial charge in [-0.1, -0.05) is 18.2 Å². The molecule has 0 aliphatic heterocycles. The number of hydrogen-bond donors (Lipinski definition) is 2. The average Bonchev–Trinajstić information content (AvgIpc) is 2.77. The van der Waals surface area contributed by atoms with Gasteiger partial charge < -0.3 is 14.6 Å². The van der Waals surface area contributed by atoms with Gasteiger partial charge in [-0.05, 0) is 83.6 Å². The zero-order chi connectivity index (χ0) is 22.2. The highest BCUT2D eigenvalue weighted by Crippen LogP contribution is 2.34. The Morgan fingerprint density at radius 1 is 1.06 bits per heavy atom. The molecule has 0 fully saturated rings. The third kappa shape index (κ3) is 6.05. The zero-order valence-electron chi connectivity index (χ0n) is 16.5. The monoisotopic (exact) mass is 530 g/mol. The molecule has 7 nitrogen and oxygen atoms in total. The first kappa shape index (κ1) is 22.3. The summed E-state index contributed by atoms with van der Waals surface area (Å²) < 4.78 is 12.0. The Bertz CT molecular complexity index is 1100. The van der Waals surface area contributed by atoms with Crippen LogP contribution < -0.4 is 14.9 Å². The number of aromatic carboxylic acids is 1. The molecule has 31 heavy (non-hydrogen) atoms. The van der Waals surface area contributed by atoms with Crippen LogP contribution in [0.4, 0.5) is 5.69 Å². The van der Waals surface area contributed by atoms with E-state index in [9.17, 15) is 9.59 Å². The van der Waals surface area contributed by atoms with Crippen molar-refractivity contribution in [3.8, 4) is 11.5 Å². The number of benzene rings is 3. The van der Waals surface area contributed by atoms with E-state index in [-0.39, 0.29) is 5.56 Å². The van der Waals surface area contributed by atoms with Crippen molar-refractivity contribution in [1.29, 1.82) is 0 Å². The van der Waals surface area contributed by atoms with Crippen molar-refractivity contribution in [3.63, 3.8) is 0 Å². The molecule has 0 spiro atoms. The molecular formula is C23H19IN2O5. The predicted octanol–water partition coefficient (Wildman–Crippen LogP) is 5.05. The number of ether oxygens (including phenoxy) is 2. The third-order valence-electron chi connectivity index (χ3n) is 4.08. The molecule has 2 N–H and O–H groups in total. The number of hydrogen-bond acceptors (Lipinski definition) is 6. The number of rotatable bonds is 8. The summed E-state index contributed by atoms with van der Waals surface area (Å²) in [5, 5.41) is 13.1. The van der Waals surface area contributed by atoms with E-state index < -0.39 is 11.9 Å². The van der Waals surface area contributed by atoms with Gasteiger partial charge in [0.15, 0.2) is 11.5 Å². The molecular weight excluding hydrogens is 511 g/mol. The molecule has 0 amide bonds. The predicted molar refractivity (Wildman–Crippen MR) is 126 cm³/mol. The maximum atomic E-state index is 12.4. The fraction of sp³-hybridized carbons (Fsp3) is 0.0870. The lowest BCUT2D eigenvalue weighted by atomic mass is 10.2. The van der Waals surface area contributed by atoms with E-state index in [2.05, 4.69) is 33.1 Å². The average molecular weight is 530 g/mol. The second kappa shape index (κ2) is 10.6. The van der Waals surface area contributed by atoms with Gasteiger partial charge in [0.25, 0.3) is 0 Å². The molecule has 3 aromatic rings. The Hall–Kier alpha value is -3.40. The van der Waals surface area contributed by atoms with Crippen LogP contribution in [0.15, 0.2) is 71.8 Å². The fourth-order valence-corrected chi connectivity index (χ4v) is 3.35. The highest BCUT2D eigenvalue weighted by molar-refractivity contribution is 14.1. The summed E-state index contributed by atoms with van der Waals surface area (Å²) in [6, 6.07) is 18.5. The fourth-order valence-electron chi connectivity index (χ4n) is 2.62. The van der Waals surface area contributed by atoms with Gasteiger partial charge in [0.2, 0.25) is 0 Å². The van der Waals surface area contributed by atoms with Crippen LogP contribution in [0.25, 0.3) is 0 Å². The first-order valence-corrected chi connectivity index (χ1v) is 10.4. The highest BCUT2D eigenvalue weighted by Gasteiger charge is 2.17. The molecule has 0 saturated heterocycles. The van der Waals surface area contributed by atoms with Crippen molar-refractivity contribution in [1.82, 2.24) is 0 Å². The summed E-state index contributed by atoms with van der Waals surface area (Å²) in [6.07, 6.45) is 1.60. The maximum Gasteiger partial charge on any atom is 0.343 e. The Balaban J connectivity index is 1.76. The summed E-state index contributed by atoms with van der Waals surface area (Å²) in [5.74, 6) is -0.662. The minimum atomic E-state index is -0.985. The van der Waals surface area contributed by atoms with Crippen molar-refractivity contribution in [3.05, 3.63) is 87.0 Å². The number of anilines is 1. The number of nitrogens with zero attached hydrogens (tertiary/aromatic N) is 1. The molecule has 3 rings (SSSR count). The van der Waals surface area contributed by atoms with Crippen LogP contribution >= 0.6 is 22.6 Å². The number of hydrazone groups is 1. The van der Waals surface area contributed by atoms with Crippen molar-refractivity contribution in [2.45, 2.75) is 6.92 Å². The first-order chi connectivity index (χ1) is 15.0. The summed E-state index contributed by atoms with van der Waals surface area (Å²) in [6.45, 7) is 2.25. The number of carbonyl (C=O) groups is 2. The molecule has 158 valence electrons. The normalized spacial score (nSPS) is 10.6. The largest absolute Gasteiger partial charge is 0.490 e. The highest BCUT2D eigenvalue weighted by atomic mass is 127. The lowest BCUT2D eigenvalue weighted by Gasteiger charge is -2.13. The van der Waals surface area contributed by atoms with E-state index >= 15 is 0 Å². The van der Waals surface area contributed by atoms with E-state index in [1.165, 1.54) is 12.1 Å². The van der Waals surface area contributed by atoms with E-state index in [1.54, 1.807) is 48.7 Å². The van der Waals surface area contributed by atoms with Gasteiger partial charge in [0.1, 0.15) is 0 Å². The van der Waals surface area contributed by atoms with Gasteiger partial charge in [-0.25, -0.2) is 9.59 Å². The van der Waals surface area contributed by atoms with Crippen molar-refractivity contribution in [2.24, 2.45) is 5.10 Å². The maximum absolute atomic E-state index is 12.4. The summed E-state index contributed by atoms with van der Waals surface area (Å²) in [4.78, 5) is 23.4. The van der Waals surface area contributed by atoms with Gasteiger partial charge in [-0.2, -0.15) is 5.10 Å². The Morgan fingerprint density at radius 2 is 1.77 bits per heavy atom. The minimum Gasteiger partial charge on any atom is -0.490 e. The third-order valence-corrected chi connectivity index (χ3v) is 4.88. The van der Waals surface area contributed by atoms with Gasteiger partial charge >= 0.3 is 11.9 Å². The molecule has 3 aromatic carbocycles. The van der Waals surface area contributed by atoms with E-state index in [0.717, 1.165) is 5.56 Å². The second-order valence-electron chi connectivity index (χ2n) is 6.27. The quantitative estimate of drug-likeness (QED) is 0.139. The Labute approximate surface area is 192 Å². The van der Waals surface area contributed by atoms with Crippen LogP contribution in [0.5, 0.6) is 11.5 Å². The zero-order valence-corrected chi connectivity index (χ0v) is 18.7. The summed E-state index contributed by atoms with van der Waals surface area (Å²) >= 11 is 2.08. The lowest BCUT2D eigenvalue weighted by molar-refractivity contribution is 0.0694. The number of carboxylic acid groups (broad SMARTS) is 1. The van der Waals surface area contributed by atoms with Gasteiger partial charge in [-0.15, -0.1) is 0 Å². The molecule has 0 aliphatic rings. The number of carboxylic acids is 1. The van der Waals surface area contributed by atoms with E-state index in [4.69, 9.17) is 14.6 Å². The Kier molecular flexibility index (Phi) is 7.60. The number of esters is 1. The molecule has 0 heterocycles. The molecule has 0 aromatic heterocycles. The minimum absolute atomic E-state index is 0.200. The molecule has 0 unspecified atom stereocenters. The molecule has 0 bridgehead atoms. The molecule has 0 radical (unpaired) electrons. The summed E-state index contributed by atoms with van der Waals surface area (Å²) in [7, 11) is 0. The topological polar surface area (TPSA) is 97.2 Å². The second-order valence-corrected chi connectivity index (χ2v) is 7.43. The van der Waals surface area contributed by atoms with Crippen molar-refractivity contribution in [2.75, 3.05) is 12.0 Å². The van der Waals surface area contributed by atoms with Crippen LogP contribution in [0.3, 0.4) is 0 Å². The van der Waals surface area contributed by atoms with Crippen LogP contribution in [0.1, 0.15) is 33.2 Å². The summed E-state index contributed by atoms with van der Waals surface area (Å²) in [5.41, 5.74) is 4.88. The number of carbonyl (C=O) groups excluding carboxylic acids is 1. The smallest absolute Gasteiger partial charge is 0.343 e. The van der Waals surface area contributed by atoms with Crippen molar-refractivity contribution < 1.29 is 24.2 Å². The van der Waals surface area contributed by atoms with E-state index in [0.29, 0.717) is 32.9 Å². The number of halogens is 1.